The third-order valence-corrected chi connectivity index (χ3v) is 2.59. The zero-order chi connectivity index (χ0) is 12.3. The van der Waals surface area contributed by atoms with Crippen LogP contribution in [0.1, 0.15) is 13.8 Å². The van der Waals surface area contributed by atoms with Gasteiger partial charge in [0.05, 0.1) is 0 Å². The minimum atomic E-state index is -1.46. The highest BCUT2D eigenvalue weighted by molar-refractivity contribution is 4.89. The van der Waals surface area contributed by atoms with E-state index < -0.39 is 30.7 Å². The molecule has 1 saturated heterocycles. The summed E-state index contributed by atoms with van der Waals surface area (Å²) in [6.07, 6.45) is -6.21. The molecule has 1 aliphatic rings. The van der Waals surface area contributed by atoms with Crippen molar-refractivity contribution in [2.75, 3.05) is 13.1 Å². The maximum absolute atomic E-state index is 9.60. The van der Waals surface area contributed by atoms with Gasteiger partial charge in [-0.2, -0.15) is 0 Å². The van der Waals surface area contributed by atoms with Crippen LogP contribution >= 0.6 is 0 Å². The maximum Gasteiger partial charge on any atom is 0.184 e. The number of hydrogen-bond acceptors (Lipinski definition) is 6. The standard InChI is InChI=1S/C10H21NO5/c1-5(2)3-11-4-6-7(12)8(13)9(14)10(15)16-6/h5-15H,3-4H2,1-2H3/t6-,7+,8+,9+,10+/m1/s1. The van der Waals surface area contributed by atoms with Crippen LogP contribution in [-0.2, 0) is 4.74 Å². The summed E-state index contributed by atoms with van der Waals surface area (Å²) in [5.74, 6) is 0.459. The fourth-order valence-electron chi connectivity index (χ4n) is 1.61. The van der Waals surface area contributed by atoms with E-state index in [4.69, 9.17) is 4.74 Å². The summed E-state index contributed by atoms with van der Waals surface area (Å²) >= 11 is 0. The lowest BCUT2D eigenvalue weighted by Gasteiger charge is -2.38. The highest BCUT2D eigenvalue weighted by atomic mass is 16.6. The Balaban J connectivity index is 2.41. The molecule has 1 heterocycles. The third kappa shape index (κ3) is 3.38. The van der Waals surface area contributed by atoms with Gasteiger partial charge in [-0.05, 0) is 12.5 Å². The topological polar surface area (TPSA) is 102 Å². The Hall–Kier alpha value is -0.240. The van der Waals surface area contributed by atoms with E-state index >= 15 is 0 Å². The second-order valence-electron chi connectivity index (χ2n) is 4.59. The Morgan fingerprint density at radius 2 is 1.69 bits per heavy atom. The van der Waals surface area contributed by atoms with E-state index in [9.17, 15) is 20.4 Å². The molecule has 0 radical (unpaired) electrons. The van der Waals surface area contributed by atoms with E-state index in [0.717, 1.165) is 6.54 Å². The molecule has 0 aromatic heterocycles. The second kappa shape index (κ2) is 5.90. The molecule has 1 rings (SSSR count). The van der Waals surface area contributed by atoms with E-state index in [1.165, 1.54) is 0 Å². The summed E-state index contributed by atoms with van der Waals surface area (Å²) in [4.78, 5) is 0. The summed E-state index contributed by atoms with van der Waals surface area (Å²) in [5, 5.41) is 40.6. The zero-order valence-corrected chi connectivity index (χ0v) is 9.58. The van der Waals surface area contributed by atoms with Crippen molar-refractivity contribution in [3.8, 4) is 0 Å². The quantitative estimate of drug-likeness (QED) is 0.387. The number of aliphatic hydroxyl groups is 4. The molecule has 96 valence electrons. The fourth-order valence-corrected chi connectivity index (χ4v) is 1.61. The number of nitrogens with one attached hydrogen (secondary N) is 1. The maximum atomic E-state index is 9.60. The van der Waals surface area contributed by atoms with E-state index in [1.54, 1.807) is 0 Å². The van der Waals surface area contributed by atoms with Crippen LogP contribution in [0.4, 0.5) is 0 Å². The number of rotatable bonds is 4. The summed E-state index contributed by atoms with van der Waals surface area (Å²) in [6, 6.07) is 0. The first-order valence-corrected chi connectivity index (χ1v) is 5.52. The highest BCUT2D eigenvalue weighted by Gasteiger charge is 2.42. The van der Waals surface area contributed by atoms with Gasteiger partial charge >= 0.3 is 0 Å². The summed E-state index contributed by atoms with van der Waals surface area (Å²) in [5.41, 5.74) is 0. The first kappa shape index (κ1) is 13.8. The van der Waals surface area contributed by atoms with Crippen LogP contribution in [0.25, 0.3) is 0 Å². The Kier molecular flexibility index (Phi) is 5.10. The summed E-state index contributed by atoms with van der Waals surface area (Å²) in [7, 11) is 0. The molecule has 0 bridgehead atoms. The lowest BCUT2D eigenvalue weighted by molar-refractivity contribution is -0.280. The van der Waals surface area contributed by atoms with Gasteiger partial charge in [-0.15, -0.1) is 0 Å². The molecule has 1 aliphatic heterocycles. The molecular weight excluding hydrogens is 214 g/mol. The second-order valence-corrected chi connectivity index (χ2v) is 4.59. The molecular formula is C10H21NO5. The van der Waals surface area contributed by atoms with Crippen LogP contribution < -0.4 is 5.32 Å². The van der Waals surface area contributed by atoms with E-state index in [1.807, 2.05) is 13.8 Å². The molecule has 6 nitrogen and oxygen atoms in total. The Morgan fingerprint density at radius 1 is 1.06 bits per heavy atom. The van der Waals surface area contributed by atoms with Crippen molar-refractivity contribution in [2.45, 2.75) is 44.6 Å². The van der Waals surface area contributed by atoms with Crippen LogP contribution in [0.15, 0.2) is 0 Å². The number of aliphatic hydroxyl groups excluding tert-OH is 4. The van der Waals surface area contributed by atoms with Crippen molar-refractivity contribution < 1.29 is 25.2 Å². The normalized spacial score (nSPS) is 40.3. The Bertz CT molecular complexity index is 213. The van der Waals surface area contributed by atoms with Gasteiger partial charge in [-0.1, -0.05) is 13.8 Å². The smallest absolute Gasteiger partial charge is 0.184 e. The molecule has 0 saturated carbocycles. The largest absolute Gasteiger partial charge is 0.388 e. The minimum absolute atomic E-state index is 0.320. The van der Waals surface area contributed by atoms with Gasteiger partial charge in [0.1, 0.15) is 24.4 Å². The van der Waals surface area contributed by atoms with Gasteiger partial charge in [0.25, 0.3) is 0 Å². The van der Waals surface area contributed by atoms with Gasteiger partial charge in [0.15, 0.2) is 6.29 Å². The summed E-state index contributed by atoms with van der Waals surface area (Å²) in [6.45, 7) is 5.15. The summed E-state index contributed by atoms with van der Waals surface area (Å²) < 4.78 is 5.00. The molecule has 0 aromatic rings. The predicted molar refractivity (Wildman–Crippen MR) is 56.6 cm³/mol. The van der Waals surface area contributed by atoms with Crippen LogP contribution in [0.5, 0.6) is 0 Å². The molecule has 1 fully saturated rings. The number of hydrogen-bond donors (Lipinski definition) is 5. The Morgan fingerprint density at radius 3 is 2.25 bits per heavy atom. The van der Waals surface area contributed by atoms with Crippen LogP contribution in [0, 0.1) is 5.92 Å². The minimum Gasteiger partial charge on any atom is -0.388 e. The molecule has 0 aromatic carbocycles. The average Bonchev–Trinajstić information content (AvgIpc) is 2.22. The molecule has 0 amide bonds. The van der Waals surface area contributed by atoms with Crippen LogP contribution in [0.3, 0.4) is 0 Å². The predicted octanol–water partition coefficient (Wildman–Crippen LogP) is -1.97. The van der Waals surface area contributed by atoms with Crippen LogP contribution in [0.2, 0.25) is 0 Å². The molecule has 5 N–H and O–H groups in total. The molecule has 0 spiro atoms. The first-order valence-electron chi connectivity index (χ1n) is 5.52. The number of ether oxygens (including phenoxy) is 1. The average molecular weight is 235 g/mol. The zero-order valence-electron chi connectivity index (χ0n) is 9.58. The molecule has 0 unspecified atom stereocenters. The third-order valence-electron chi connectivity index (χ3n) is 2.59. The van der Waals surface area contributed by atoms with E-state index in [0.29, 0.717) is 12.5 Å². The molecule has 0 aliphatic carbocycles. The first-order chi connectivity index (χ1) is 7.43. The van der Waals surface area contributed by atoms with Crippen LogP contribution in [-0.4, -0.2) is 64.2 Å². The Labute approximate surface area is 94.9 Å². The van der Waals surface area contributed by atoms with E-state index in [-0.39, 0.29) is 0 Å². The van der Waals surface area contributed by atoms with Gasteiger partial charge in [-0.3, -0.25) is 0 Å². The SMILES string of the molecule is CC(C)CNC[C@H]1O[C@H](O)[C@@H](O)[C@@H](O)[C@H]1O. The molecule has 5 atom stereocenters. The molecule has 6 heteroatoms. The fraction of sp³-hybridized carbons (Fsp3) is 1.00. The lowest BCUT2D eigenvalue weighted by Crippen LogP contribution is -2.59. The van der Waals surface area contributed by atoms with Gasteiger partial charge in [0.2, 0.25) is 0 Å². The van der Waals surface area contributed by atoms with Crippen molar-refractivity contribution >= 4 is 0 Å². The van der Waals surface area contributed by atoms with Gasteiger partial charge in [0, 0.05) is 6.54 Å². The van der Waals surface area contributed by atoms with Crippen molar-refractivity contribution in [3.05, 3.63) is 0 Å². The van der Waals surface area contributed by atoms with Crippen molar-refractivity contribution in [2.24, 2.45) is 5.92 Å². The lowest BCUT2D eigenvalue weighted by atomic mass is 9.99. The molecule has 16 heavy (non-hydrogen) atoms. The van der Waals surface area contributed by atoms with Crippen molar-refractivity contribution in [1.29, 1.82) is 0 Å². The van der Waals surface area contributed by atoms with Crippen molar-refractivity contribution in [1.82, 2.24) is 5.32 Å². The van der Waals surface area contributed by atoms with Crippen molar-refractivity contribution in [3.63, 3.8) is 0 Å². The van der Waals surface area contributed by atoms with Gasteiger partial charge < -0.3 is 30.5 Å². The monoisotopic (exact) mass is 235 g/mol. The van der Waals surface area contributed by atoms with E-state index in [2.05, 4.69) is 5.32 Å². The highest BCUT2D eigenvalue weighted by Crippen LogP contribution is 2.19. The van der Waals surface area contributed by atoms with Gasteiger partial charge in [-0.25, -0.2) is 0 Å².